The van der Waals surface area contributed by atoms with Gasteiger partial charge in [-0.1, -0.05) is 36.4 Å². The first kappa shape index (κ1) is 18.1. The number of carbonyl (C=O) groups excluding carboxylic acids is 1. The van der Waals surface area contributed by atoms with E-state index in [1.54, 1.807) is 7.05 Å². The minimum absolute atomic E-state index is 0.00432. The molecule has 26 heavy (non-hydrogen) atoms. The fraction of sp³-hybridized carbons (Fsp3) is 0.273. The van der Waals surface area contributed by atoms with Gasteiger partial charge in [-0.15, -0.1) is 0 Å². The van der Waals surface area contributed by atoms with Crippen molar-refractivity contribution in [1.29, 1.82) is 0 Å². The zero-order valence-electron chi connectivity index (χ0n) is 15.8. The molecule has 0 saturated carbocycles. The molecule has 1 N–H and O–H groups in total. The highest BCUT2D eigenvalue weighted by Crippen LogP contribution is 2.27. The van der Waals surface area contributed by atoms with Crippen LogP contribution in [-0.2, 0) is 17.8 Å². The van der Waals surface area contributed by atoms with E-state index < -0.39 is 0 Å². The molecule has 1 heterocycles. The Hall–Kier alpha value is -2.72. The van der Waals surface area contributed by atoms with Crippen LogP contribution in [0.3, 0.4) is 0 Å². The molecule has 4 heteroatoms. The normalized spacial score (nSPS) is 11.1. The van der Waals surface area contributed by atoms with Gasteiger partial charge in [0.15, 0.2) is 0 Å². The van der Waals surface area contributed by atoms with Gasteiger partial charge in [0.1, 0.15) is 0 Å². The molecule has 0 aliphatic rings. The number of likely N-dealkylation sites (N-methyl/N-ethyl adjacent to an activating group) is 1. The summed E-state index contributed by atoms with van der Waals surface area (Å²) in [6.45, 7) is 2.99. The summed E-state index contributed by atoms with van der Waals surface area (Å²) in [5.74, 6) is -0.00432. The number of fused-ring (bicyclic) bond motifs is 1. The topological polar surface area (TPSA) is 45.2 Å². The molecule has 0 aliphatic heterocycles. The number of carbonyl (C=O) groups is 1. The van der Waals surface area contributed by atoms with Crippen molar-refractivity contribution < 1.29 is 4.79 Å². The molecule has 0 fully saturated rings. The molecule has 0 radical (unpaired) electrons. The third kappa shape index (κ3) is 3.92. The van der Waals surface area contributed by atoms with Gasteiger partial charge in [-0.2, -0.15) is 0 Å². The zero-order valence-corrected chi connectivity index (χ0v) is 15.8. The average molecular weight is 347 g/mol. The number of amides is 1. The van der Waals surface area contributed by atoms with Gasteiger partial charge >= 0.3 is 0 Å². The summed E-state index contributed by atoms with van der Waals surface area (Å²) in [5.41, 5.74) is 6.33. The van der Waals surface area contributed by atoms with Crippen LogP contribution in [0.15, 0.2) is 48.5 Å². The lowest BCUT2D eigenvalue weighted by Gasteiger charge is -2.13. The molecule has 0 aliphatic carbocycles. The lowest BCUT2D eigenvalue weighted by Crippen LogP contribution is -2.20. The number of pyridine rings is 1. The third-order valence-corrected chi connectivity index (χ3v) is 4.48. The van der Waals surface area contributed by atoms with Crippen LogP contribution in [0, 0.1) is 6.92 Å². The molecule has 4 nitrogen and oxygen atoms in total. The number of hydrogen-bond acceptors (Lipinski definition) is 3. The van der Waals surface area contributed by atoms with Crippen LogP contribution in [0.2, 0.25) is 0 Å². The predicted octanol–water partition coefficient (Wildman–Crippen LogP) is 3.56. The van der Waals surface area contributed by atoms with Crippen LogP contribution in [0.1, 0.15) is 16.7 Å². The van der Waals surface area contributed by atoms with Crippen molar-refractivity contribution in [2.24, 2.45) is 0 Å². The summed E-state index contributed by atoms with van der Waals surface area (Å²) in [7, 11) is 5.79. The van der Waals surface area contributed by atoms with Gasteiger partial charge in [0.25, 0.3) is 0 Å². The Morgan fingerprint density at radius 2 is 1.88 bits per heavy atom. The van der Waals surface area contributed by atoms with E-state index in [0.29, 0.717) is 6.42 Å². The van der Waals surface area contributed by atoms with Gasteiger partial charge in [0, 0.05) is 24.5 Å². The first-order valence-electron chi connectivity index (χ1n) is 8.82. The summed E-state index contributed by atoms with van der Waals surface area (Å²) >= 11 is 0. The fourth-order valence-corrected chi connectivity index (χ4v) is 3.22. The quantitative estimate of drug-likeness (QED) is 0.767. The molecule has 3 aromatic rings. The Bertz CT molecular complexity index is 947. The van der Waals surface area contributed by atoms with E-state index in [1.807, 2.05) is 12.1 Å². The van der Waals surface area contributed by atoms with Crippen molar-refractivity contribution in [2.75, 3.05) is 21.1 Å². The van der Waals surface area contributed by atoms with Crippen LogP contribution in [0.25, 0.3) is 22.2 Å². The maximum atomic E-state index is 11.9. The Labute approximate surface area is 154 Å². The molecular formula is C22H25N3O. The van der Waals surface area contributed by atoms with Gasteiger partial charge in [-0.3, -0.25) is 4.79 Å². The third-order valence-electron chi connectivity index (χ3n) is 4.48. The smallest absolute Gasteiger partial charge is 0.224 e. The lowest BCUT2D eigenvalue weighted by molar-refractivity contribution is -0.119. The number of aryl methyl sites for hydroxylation is 1. The predicted molar refractivity (Wildman–Crippen MR) is 107 cm³/mol. The van der Waals surface area contributed by atoms with Crippen LogP contribution >= 0.6 is 0 Å². The van der Waals surface area contributed by atoms with Crippen LogP contribution < -0.4 is 5.32 Å². The van der Waals surface area contributed by atoms with E-state index in [2.05, 4.69) is 67.6 Å². The minimum Gasteiger partial charge on any atom is -0.359 e. The Morgan fingerprint density at radius 3 is 2.62 bits per heavy atom. The maximum absolute atomic E-state index is 11.9. The summed E-state index contributed by atoms with van der Waals surface area (Å²) < 4.78 is 0. The summed E-state index contributed by atoms with van der Waals surface area (Å²) in [5, 5.41) is 3.79. The second kappa shape index (κ2) is 7.67. The molecule has 0 spiro atoms. The number of hydrogen-bond donors (Lipinski definition) is 1. The van der Waals surface area contributed by atoms with E-state index in [9.17, 15) is 4.79 Å². The van der Waals surface area contributed by atoms with Crippen molar-refractivity contribution in [2.45, 2.75) is 19.9 Å². The summed E-state index contributed by atoms with van der Waals surface area (Å²) in [6, 6.07) is 16.7. The van der Waals surface area contributed by atoms with Crippen molar-refractivity contribution in [3.63, 3.8) is 0 Å². The van der Waals surface area contributed by atoms with Crippen LogP contribution in [-0.4, -0.2) is 36.9 Å². The molecule has 0 bridgehead atoms. The molecule has 0 atom stereocenters. The Kier molecular flexibility index (Phi) is 5.33. The number of aromatic nitrogens is 1. The van der Waals surface area contributed by atoms with Crippen molar-refractivity contribution in [1.82, 2.24) is 15.2 Å². The first-order chi connectivity index (χ1) is 12.5. The number of nitrogens with zero attached hydrogens (tertiary/aromatic N) is 2. The van der Waals surface area contributed by atoms with Crippen LogP contribution in [0.4, 0.5) is 0 Å². The summed E-state index contributed by atoms with van der Waals surface area (Å²) in [4.78, 5) is 18.9. The summed E-state index contributed by atoms with van der Waals surface area (Å²) in [6.07, 6.45) is 0.338. The Balaban J connectivity index is 2.10. The van der Waals surface area contributed by atoms with Gasteiger partial charge in [-0.25, -0.2) is 4.98 Å². The minimum atomic E-state index is -0.00432. The highest BCUT2D eigenvalue weighted by atomic mass is 16.1. The SMILES string of the molecule is CNC(=O)Cc1cccc2c(C)cc(-c3cccc(CN(C)C)c3)nc12. The van der Waals surface area contributed by atoms with E-state index in [-0.39, 0.29) is 5.91 Å². The monoisotopic (exact) mass is 347 g/mol. The first-order valence-corrected chi connectivity index (χ1v) is 8.82. The van der Waals surface area contributed by atoms with Crippen molar-refractivity contribution >= 4 is 16.8 Å². The van der Waals surface area contributed by atoms with E-state index in [0.717, 1.165) is 34.3 Å². The molecule has 0 saturated heterocycles. The highest BCUT2D eigenvalue weighted by molar-refractivity contribution is 5.91. The molecule has 0 unspecified atom stereocenters. The van der Waals surface area contributed by atoms with Crippen molar-refractivity contribution in [3.8, 4) is 11.3 Å². The second-order valence-corrected chi connectivity index (χ2v) is 6.93. The highest BCUT2D eigenvalue weighted by Gasteiger charge is 2.11. The molecular weight excluding hydrogens is 322 g/mol. The van der Waals surface area contributed by atoms with E-state index in [1.165, 1.54) is 11.1 Å². The number of nitrogens with one attached hydrogen (secondary N) is 1. The molecule has 1 amide bonds. The molecule has 3 rings (SSSR count). The molecule has 2 aromatic carbocycles. The van der Waals surface area contributed by atoms with Gasteiger partial charge in [0.2, 0.25) is 5.91 Å². The molecule has 1 aromatic heterocycles. The van der Waals surface area contributed by atoms with Crippen LogP contribution in [0.5, 0.6) is 0 Å². The average Bonchev–Trinajstić information content (AvgIpc) is 2.61. The van der Waals surface area contributed by atoms with Gasteiger partial charge in [0.05, 0.1) is 17.6 Å². The fourth-order valence-electron chi connectivity index (χ4n) is 3.22. The maximum Gasteiger partial charge on any atom is 0.224 e. The van der Waals surface area contributed by atoms with E-state index >= 15 is 0 Å². The number of rotatable bonds is 5. The second-order valence-electron chi connectivity index (χ2n) is 6.93. The molecule has 134 valence electrons. The van der Waals surface area contributed by atoms with Crippen molar-refractivity contribution in [3.05, 3.63) is 65.2 Å². The largest absolute Gasteiger partial charge is 0.359 e. The lowest BCUT2D eigenvalue weighted by atomic mass is 10.00. The van der Waals surface area contributed by atoms with Gasteiger partial charge in [-0.05, 0) is 49.8 Å². The number of benzene rings is 2. The van der Waals surface area contributed by atoms with E-state index in [4.69, 9.17) is 4.98 Å². The number of para-hydroxylation sites is 1. The standard InChI is InChI=1S/C22H25N3O/c1-15-11-20(17-8-5-7-16(12-17)14-25(3)4)24-22-18(13-21(26)23-2)9-6-10-19(15)22/h5-12H,13-14H2,1-4H3,(H,23,26). The van der Waals surface area contributed by atoms with Gasteiger partial charge < -0.3 is 10.2 Å². The zero-order chi connectivity index (χ0) is 18.7. The Morgan fingerprint density at radius 1 is 1.12 bits per heavy atom.